The number of carbonyl (C=O) groups excluding carboxylic acids is 1. The van der Waals surface area contributed by atoms with E-state index in [1.807, 2.05) is 19.1 Å². The standard InChI is InChI=1S/C14H17I3O2/c1-3-5-6-9(4-2)14(18)19-13-11(16)7-10(15)8-12(13)17/h7-9H,3-6H2,1-2H3. The van der Waals surface area contributed by atoms with Gasteiger partial charge in [-0.1, -0.05) is 26.7 Å². The van der Waals surface area contributed by atoms with Crippen molar-refractivity contribution in [3.05, 3.63) is 22.8 Å². The first kappa shape index (κ1) is 17.9. The zero-order valence-electron chi connectivity index (χ0n) is 11.0. The predicted octanol–water partition coefficient (Wildman–Crippen LogP) is 5.62. The lowest BCUT2D eigenvalue weighted by atomic mass is 10.00. The third-order valence-corrected chi connectivity index (χ3v) is 5.12. The number of hydrogen-bond donors (Lipinski definition) is 0. The van der Waals surface area contributed by atoms with Crippen LogP contribution in [0, 0.1) is 16.6 Å². The van der Waals surface area contributed by atoms with Gasteiger partial charge in [0, 0.05) is 3.57 Å². The van der Waals surface area contributed by atoms with Crippen LogP contribution in [-0.4, -0.2) is 5.97 Å². The molecule has 1 rings (SSSR count). The summed E-state index contributed by atoms with van der Waals surface area (Å²) in [5, 5.41) is 0. The van der Waals surface area contributed by atoms with Gasteiger partial charge < -0.3 is 4.74 Å². The lowest BCUT2D eigenvalue weighted by Gasteiger charge is -2.15. The van der Waals surface area contributed by atoms with E-state index in [0.29, 0.717) is 5.75 Å². The first-order valence-electron chi connectivity index (χ1n) is 6.35. The fraction of sp³-hybridized carbons (Fsp3) is 0.500. The van der Waals surface area contributed by atoms with Crippen molar-refractivity contribution in [2.24, 2.45) is 5.92 Å². The van der Waals surface area contributed by atoms with Crippen LogP contribution in [-0.2, 0) is 4.79 Å². The summed E-state index contributed by atoms with van der Waals surface area (Å²) in [6, 6.07) is 4.05. The molecule has 0 aliphatic heterocycles. The van der Waals surface area contributed by atoms with Gasteiger partial charge in [0.2, 0.25) is 0 Å². The molecule has 0 aliphatic carbocycles. The third-order valence-electron chi connectivity index (χ3n) is 2.90. The van der Waals surface area contributed by atoms with Gasteiger partial charge in [-0.2, -0.15) is 0 Å². The molecule has 0 radical (unpaired) electrons. The quantitative estimate of drug-likeness (QED) is 0.242. The monoisotopic (exact) mass is 598 g/mol. The van der Waals surface area contributed by atoms with Crippen molar-refractivity contribution in [3.8, 4) is 5.75 Å². The average Bonchev–Trinajstić information content (AvgIpc) is 2.34. The molecule has 0 N–H and O–H groups in total. The van der Waals surface area contributed by atoms with Gasteiger partial charge in [0.1, 0.15) is 0 Å². The Kier molecular flexibility index (Phi) is 8.50. The van der Waals surface area contributed by atoms with Gasteiger partial charge in [-0.3, -0.25) is 4.79 Å². The summed E-state index contributed by atoms with van der Waals surface area (Å²) >= 11 is 6.72. The summed E-state index contributed by atoms with van der Waals surface area (Å²) in [6.45, 7) is 4.19. The smallest absolute Gasteiger partial charge is 0.314 e. The van der Waals surface area contributed by atoms with Crippen molar-refractivity contribution >= 4 is 73.7 Å². The van der Waals surface area contributed by atoms with E-state index in [2.05, 4.69) is 74.7 Å². The highest BCUT2D eigenvalue weighted by molar-refractivity contribution is 14.1. The van der Waals surface area contributed by atoms with Gasteiger partial charge in [-0.15, -0.1) is 0 Å². The van der Waals surface area contributed by atoms with Crippen LogP contribution in [0.15, 0.2) is 12.1 Å². The molecule has 2 nitrogen and oxygen atoms in total. The zero-order chi connectivity index (χ0) is 14.4. The van der Waals surface area contributed by atoms with Crippen LogP contribution in [0.3, 0.4) is 0 Å². The van der Waals surface area contributed by atoms with E-state index in [0.717, 1.165) is 36.4 Å². The van der Waals surface area contributed by atoms with Crippen molar-refractivity contribution < 1.29 is 9.53 Å². The minimum Gasteiger partial charge on any atom is -0.424 e. The Balaban J connectivity index is 2.81. The predicted molar refractivity (Wildman–Crippen MR) is 104 cm³/mol. The Morgan fingerprint density at radius 1 is 1.21 bits per heavy atom. The van der Waals surface area contributed by atoms with Crippen molar-refractivity contribution in [1.82, 2.24) is 0 Å². The van der Waals surface area contributed by atoms with Gasteiger partial charge in [0.05, 0.1) is 13.1 Å². The molecular formula is C14H17I3O2. The fourth-order valence-corrected chi connectivity index (χ4v) is 5.55. The Bertz CT molecular complexity index is 423. The summed E-state index contributed by atoms with van der Waals surface area (Å²) in [4.78, 5) is 12.2. The van der Waals surface area contributed by atoms with Crippen LogP contribution in [0.25, 0.3) is 0 Å². The Hall–Kier alpha value is 0.880. The summed E-state index contributed by atoms with van der Waals surface area (Å²) < 4.78 is 8.77. The highest BCUT2D eigenvalue weighted by Gasteiger charge is 2.20. The van der Waals surface area contributed by atoms with Crippen molar-refractivity contribution in [2.45, 2.75) is 39.5 Å². The van der Waals surface area contributed by atoms with E-state index in [1.165, 1.54) is 0 Å². The van der Waals surface area contributed by atoms with Crippen LogP contribution in [0.2, 0.25) is 0 Å². The zero-order valence-corrected chi connectivity index (χ0v) is 17.5. The normalized spacial score (nSPS) is 12.3. The van der Waals surface area contributed by atoms with Crippen LogP contribution in [0.4, 0.5) is 0 Å². The second-order valence-corrected chi connectivity index (χ2v) is 7.94. The van der Waals surface area contributed by atoms with Crippen LogP contribution >= 0.6 is 67.8 Å². The van der Waals surface area contributed by atoms with E-state index in [-0.39, 0.29) is 11.9 Å². The molecule has 0 heterocycles. The molecule has 5 heteroatoms. The number of ether oxygens (including phenoxy) is 1. The molecule has 19 heavy (non-hydrogen) atoms. The Morgan fingerprint density at radius 3 is 2.26 bits per heavy atom. The molecule has 106 valence electrons. The highest BCUT2D eigenvalue weighted by Crippen LogP contribution is 2.30. The van der Waals surface area contributed by atoms with Crippen LogP contribution in [0.5, 0.6) is 5.75 Å². The van der Waals surface area contributed by atoms with Crippen LogP contribution < -0.4 is 4.74 Å². The van der Waals surface area contributed by atoms with Gasteiger partial charge in [-0.25, -0.2) is 0 Å². The summed E-state index contributed by atoms with van der Waals surface area (Å²) in [6.07, 6.45) is 3.95. The second-order valence-electron chi connectivity index (χ2n) is 4.37. The number of unbranched alkanes of at least 4 members (excludes halogenated alkanes) is 1. The van der Waals surface area contributed by atoms with E-state index in [1.54, 1.807) is 0 Å². The average molecular weight is 598 g/mol. The molecular weight excluding hydrogens is 581 g/mol. The lowest BCUT2D eigenvalue weighted by Crippen LogP contribution is -2.21. The van der Waals surface area contributed by atoms with E-state index in [4.69, 9.17) is 4.74 Å². The first-order valence-corrected chi connectivity index (χ1v) is 9.59. The lowest BCUT2D eigenvalue weighted by molar-refractivity contribution is -0.139. The maximum atomic E-state index is 12.2. The SMILES string of the molecule is CCCCC(CC)C(=O)Oc1c(I)cc(I)cc1I. The van der Waals surface area contributed by atoms with Crippen LogP contribution in [0.1, 0.15) is 39.5 Å². The number of benzene rings is 1. The molecule has 1 atom stereocenters. The molecule has 1 unspecified atom stereocenters. The van der Waals surface area contributed by atoms with Gasteiger partial charge >= 0.3 is 5.97 Å². The number of hydrogen-bond acceptors (Lipinski definition) is 2. The number of esters is 1. The summed E-state index contributed by atoms with van der Waals surface area (Å²) in [5.41, 5.74) is 0. The molecule has 1 aromatic carbocycles. The maximum absolute atomic E-state index is 12.2. The second kappa shape index (κ2) is 9.01. The summed E-state index contributed by atoms with van der Waals surface area (Å²) in [7, 11) is 0. The molecule has 1 aromatic rings. The van der Waals surface area contributed by atoms with E-state index < -0.39 is 0 Å². The maximum Gasteiger partial charge on any atom is 0.314 e. The van der Waals surface area contributed by atoms with Gasteiger partial charge in [0.25, 0.3) is 0 Å². The van der Waals surface area contributed by atoms with Gasteiger partial charge in [-0.05, 0) is 92.7 Å². The third kappa shape index (κ3) is 5.64. The topological polar surface area (TPSA) is 26.3 Å². The minimum atomic E-state index is -0.0898. The Labute approximate surface area is 155 Å². The van der Waals surface area contributed by atoms with Crippen molar-refractivity contribution in [2.75, 3.05) is 0 Å². The molecule has 0 amide bonds. The van der Waals surface area contributed by atoms with Crippen molar-refractivity contribution in [1.29, 1.82) is 0 Å². The van der Waals surface area contributed by atoms with Gasteiger partial charge in [0.15, 0.2) is 5.75 Å². The van der Waals surface area contributed by atoms with Crippen molar-refractivity contribution in [3.63, 3.8) is 0 Å². The fourth-order valence-electron chi connectivity index (χ4n) is 1.75. The Morgan fingerprint density at radius 2 is 1.79 bits per heavy atom. The molecule has 0 aromatic heterocycles. The molecule has 0 saturated carbocycles. The van der Waals surface area contributed by atoms with E-state index >= 15 is 0 Å². The van der Waals surface area contributed by atoms with E-state index in [9.17, 15) is 4.79 Å². The molecule has 0 bridgehead atoms. The molecule has 0 spiro atoms. The molecule has 0 fully saturated rings. The molecule has 0 aliphatic rings. The number of halogens is 3. The number of carbonyl (C=O) groups is 1. The summed E-state index contributed by atoms with van der Waals surface area (Å²) in [5.74, 6) is 0.639. The largest absolute Gasteiger partial charge is 0.424 e. The molecule has 0 saturated heterocycles. The highest BCUT2D eigenvalue weighted by atomic mass is 127. The minimum absolute atomic E-state index is 0.0193. The first-order chi connectivity index (χ1) is 8.99. The number of rotatable bonds is 6.